The van der Waals surface area contributed by atoms with E-state index in [9.17, 15) is 4.39 Å². The molecule has 0 aliphatic carbocycles. The molecule has 0 atom stereocenters. The molecule has 26 heavy (non-hydrogen) atoms. The van der Waals surface area contributed by atoms with Crippen LogP contribution in [0.1, 0.15) is 5.69 Å². The maximum Gasteiger partial charge on any atom is 0.234 e. The number of hydrogen-bond donors (Lipinski definition) is 0. The van der Waals surface area contributed by atoms with Crippen molar-refractivity contribution in [1.29, 1.82) is 0 Å². The summed E-state index contributed by atoms with van der Waals surface area (Å²) in [6.07, 6.45) is 5.45. The molecule has 2 aromatic carbocycles. The Kier molecular flexibility index (Phi) is 4.23. The smallest absolute Gasteiger partial charge is 0.234 e. The summed E-state index contributed by atoms with van der Waals surface area (Å²) >= 11 is 0. The molecule has 130 valence electrons. The van der Waals surface area contributed by atoms with Gasteiger partial charge in [0.2, 0.25) is 5.78 Å². The van der Waals surface area contributed by atoms with Crippen molar-refractivity contribution >= 4 is 5.78 Å². The van der Waals surface area contributed by atoms with E-state index in [1.807, 2.05) is 47.1 Å². The van der Waals surface area contributed by atoms with Crippen molar-refractivity contribution in [1.82, 2.24) is 14.4 Å². The highest BCUT2D eigenvalue weighted by Crippen LogP contribution is 2.30. The van der Waals surface area contributed by atoms with Gasteiger partial charge in [0.25, 0.3) is 0 Å². The Hall–Kier alpha value is -3.41. The number of halogens is 1. The van der Waals surface area contributed by atoms with Gasteiger partial charge in [0.05, 0.1) is 12.8 Å². The fraction of sp³-hybridized carbons (Fsp3) is 0.100. The lowest BCUT2D eigenvalue weighted by Crippen LogP contribution is -1.94. The number of imidazole rings is 1. The predicted octanol–water partition coefficient (Wildman–Crippen LogP) is 4.12. The zero-order valence-electron chi connectivity index (χ0n) is 14.1. The zero-order valence-corrected chi connectivity index (χ0v) is 14.1. The van der Waals surface area contributed by atoms with Gasteiger partial charge in [0.1, 0.15) is 23.9 Å². The Morgan fingerprint density at radius 3 is 2.73 bits per heavy atom. The molecule has 0 N–H and O–H groups in total. The molecule has 0 aliphatic rings. The lowest BCUT2D eigenvalue weighted by atomic mass is 10.1. The molecule has 0 bridgehead atoms. The van der Waals surface area contributed by atoms with Crippen LogP contribution in [0, 0.1) is 5.82 Å². The lowest BCUT2D eigenvalue weighted by molar-refractivity contribution is 0.302. The minimum Gasteiger partial charge on any atom is -0.496 e. The van der Waals surface area contributed by atoms with Crippen LogP contribution in [0.2, 0.25) is 0 Å². The number of methoxy groups -OCH3 is 1. The van der Waals surface area contributed by atoms with Crippen molar-refractivity contribution in [2.45, 2.75) is 6.61 Å². The lowest BCUT2D eigenvalue weighted by Gasteiger charge is -2.08. The number of fused-ring (bicyclic) bond motifs is 1. The van der Waals surface area contributed by atoms with Crippen LogP contribution in [-0.4, -0.2) is 21.5 Å². The number of para-hydroxylation sites is 1. The quantitative estimate of drug-likeness (QED) is 0.544. The van der Waals surface area contributed by atoms with Gasteiger partial charge in [-0.1, -0.05) is 18.2 Å². The summed E-state index contributed by atoms with van der Waals surface area (Å²) in [4.78, 5) is 8.83. The van der Waals surface area contributed by atoms with Crippen molar-refractivity contribution < 1.29 is 13.9 Å². The van der Waals surface area contributed by atoms with Gasteiger partial charge in [-0.2, -0.15) is 0 Å². The van der Waals surface area contributed by atoms with Gasteiger partial charge < -0.3 is 9.47 Å². The fourth-order valence-electron chi connectivity index (χ4n) is 2.72. The number of hydrogen-bond acceptors (Lipinski definition) is 4. The third kappa shape index (κ3) is 3.21. The molecule has 0 radical (unpaired) electrons. The molecule has 0 aliphatic heterocycles. The van der Waals surface area contributed by atoms with E-state index in [1.54, 1.807) is 12.3 Å². The van der Waals surface area contributed by atoms with Gasteiger partial charge in [0, 0.05) is 35.8 Å². The number of rotatable bonds is 5. The fourth-order valence-corrected chi connectivity index (χ4v) is 2.72. The van der Waals surface area contributed by atoms with Gasteiger partial charge in [-0.05, 0) is 24.3 Å². The summed E-state index contributed by atoms with van der Waals surface area (Å²) in [5.41, 5.74) is 2.34. The summed E-state index contributed by atoms with van der Waals surface area (Å²) in [6, 6.07) is 14.0. The molecule has 5 nitrogen and oxygen atoms in total. The molecular formula is C20H16FN3O2. The number of aromatic nitrogens is 3. The van der Waals surface area contributed by atoms with Gasteiger partial charge in [-0.15, -0.1) is 0 Å². The van der Waals surface area contributed by atoms with Crippen LogP contribution in [0.3, 0.4) is 0 Å². The van der Waals surface area contributed by atoms with E-state index in [0.717, 1.165) is 22.6 Å². The minimum absolute atomic E-state index is 0.345. The molecule has 0 fully saturated rings. The molecule has 0 saturated heterocycles. The Labute approximate surface area is 149 Å². The van der Waals surface area contributed by atoms with Crippen molar-refractivity contribution in [3.63, 3.8) is 0 Å². The second kappa shape index (κ2) is 6.84. The van der Waals surface area contributed by atoms with E-state index < -0.39 is 0 Å². The molecule has 0 unspecified atom stereocenters. The molecule has 4 aromatic rings. The largest absolute Gasteiger partial charge is 0.496 e. The Morgan fingerprint density at radius 1 is 1.08 bits per heavy atom. The highest BCUT2D eigenvalue weighted by Gasteiger charge is 2.10. The SMILES string of the molecule is COc1cc(F)ccc1-c1cnc2nc(COc3ccccc3)cn2c1. The molecule has 4 rings (SSSR count). The number of ether oxygens (including phenoxy) is 2. The standard InChI is InChI=1S/C20H16FN3O2/c1-25-19-9-15(21)7-8-18(19)14-10-22-20-23-16(12-24(20)11-14)13-26-17-5-3-2-4-6-17/h2-12H,13H2,1H3. The number of nitrogens with zero attached hydrogens (tertiary/aromatic N) is 3. The first-order chi connectivity index (χ1) is 12.7. The molecular weight excluding hydrogens is 333 g/mol. The summed E-state index contributed by atoms with van der Waals surface area (Å²) < 4.78 is 26.2. The second-order valence-corrected chi connectivity index (χ2v) is 5.73. The first-order valence-electron chi connectivity index (χ1n) is 8.08. The molecule has 0 spiro atoms. The molecule has 2 aromatic heterocycles. The van der Waals surface area contributed by atoms with Crippen molar-refractivity contribution in [3.8, 4) is 22.6 Å². The highest BCUT2D eigenvalue weighted by atomic mass is 19.1. The van der Waals surface area contributed by atoms with Gasteiger partial charge >= 0.3 is 0 Å². The van der Waals surface area contributed by atoms with E-state index in [2.05, 4.69) is 9.97 Å². The zero-order chi connectivity index (χ0) is 17.9. The van der Waals surface area contributed by atoms with Crippen LogP contribution in [-0.2, 0) is 6.61 Å². The Morgan fingerprint density at radius 2 is 1.92 bits per heavy atom. The summed E-state index contributed by atoms with van der Waals surface area (Å²) in [6.45, 7) is 0.350. The Bertz CT molecular complexity index is 1050. The third-order valence-corrected chi connectivity index (χ3v) is 3.96. The van der Waals surface area contributed by atoms with E-state index in [0.29, 0.717) is 18.1 Å². The Balaban J connectivity index is 1.62. The normalized spacial score (nSPS) is 10.8. The summed E-state index contributed by atoms with van der Waals surface area (Å²) in [7, 11) is 1.51. The van der Waals surface area contributed by atoms with Gasteiger partial charge in [-0.3, -0.25) is 4.40 Å². The second-order valence-electron chi connectivity index (χ2n) is 5.73. The molecule has 0 amide bonds. The maximum atomic E-state index is 13.4. The molecule has 2 heterocycles. The molecule has 6 heteroatoms. The van der Waals surface area contributed by atoms with Crippen molar-refractivity contribution in [3.05, 3.63) is 78.6 Å². The van der Waals surface area contributed by atoms with E-state index in [-0.39, 0.29) is 5.82 Å². The third-order valence-electron chi connectivity index (χ3n) is 3.96. The van der Waals surface area contributed by atoms with Crippen LogP contribution < -0.4 is 9.47 Å². The summed E-state index contributed by atoms with van der Waals surface area (Å²) in [5, 5.41) is 0. The van der Waals surface area contributed by atoms with Crippen LogP contribution in [0.5, 0.6) is 11.5 Å². The van der Waals surface area contributed by atoms with Crippen LogP contribution in [0.4, 0.5) is 4.39 Å². The maximum absolute atomic E-state index is 13.4. The van der Waals surface area contributed by atoms with Crippen LogP contribution in [0.25, 0.3) is 16.9 Å². The topological polar surface area (TPSA) is 48.7 Å². The van der Waals surface area contributed by atoms with Crippen molar-refractivity contribution in [2.24, 2.45) is 0 Å². The van der Waals surface area contributed by atoms with Gasteiger partial charge in [-0.25, -0.2) is 14.4 Å². The predicted molar refractivity (Wildman–Crippen MR) is 95.7 cm³/mol. The minimum atomic E-state index is -0.345. The van der Waals surface area contributed by atoms with Crippen LogP contribution in [0.15, 0.2) is 67.1 Å². The number of benzene rings is 2. The first-order valence-corrected chi connectivity index (χ1v) is 8.08. The average Bonchev–Trinajstić information content (AvgIpc) is 3.09. The first kappa shape index (κ1) is 16.1. The van der Waals surface area contributed by atoms with Crippen molar-refractivity contribution in [2.75, 3.05) is 7.11 Å². The monoisotopic (exact) mass is 349 g/mol. The average molecular weight is 349 g/mol. The van der Waals surface area contributed by atoms with E-state index >= 15 is 0 Å². The van der Waals surface area contributed by atoms with Gasteiger partial charge in [0.15, 0.2) is 0 Å². The molecule has 0 saturated carbocycles. The van der Waals surface area contributed by atoms with E-state index in [1.165, 1.54) is 19.2 Å². The van der Waals surface area contributed by atoms with E-state index in [4.69, 9.17) is 9.47 Å². The summed E-state index contributed by atoms with van der Waals surface area (Å²) in [5.74, 6) is 1.47. The highest BCUT2D eigenvalue weighted by molar-refractivity contribution is 5.69. The van der Waals surface area contributed by atoms with Crippen LogP contribution >= 0.6 is 0 Å².